The van der Waals surface area contributed by atoms with Gasteiger partial charge in [0.05, 0.1) is 12.5 Å². The van der Waals surface area contributed by atoms with E-state index in [0.717, 1.165) is 6.42 Å². The van der Waals surface area contributed by atoms with Crippen LogP contribution < -0.4 is 0 Å². The summed E-state index contributed by atoms with van der Waals surface area (Å²) in [5.74, 6) is -0.134. The van der Waals surface area contributed by atoms with E-state index >= 15 is 0 Å². The molecule has 0 aromatic heterocycles. The van der Waals surface area contributed by atoms with Crippen LogP contribution >= 0.6 is 0 Å². The molecule has 0 N–H and O–H groups in total. The van der Waals surface area contributed by atoms with Gasteiger partial charge in [0.2, 0.25) is 0 Å². The van der Waals surface area contributed by atoms with Crippen molar-refractivity contribution in [3.05, 3.63) is 71.8 Å². The summed E-state index contributed by atoms with van der Waals surface area (Å²) in [6, 6.07) is 20.5. The van der Waals surface area contributed by atoms with E-state index in [1.165, 1.54) is 18.2 Å². The Morgan fingerprint density at radius 3 is 1.80 bits per heavy atom. The van der Waals surface area contributed by atoms with Gasteiger partial charge in [0.15, 0.2) is 0 Å². The van der Waals surface area contributed by atoms with Crippen molar-refractivity contribution in [3.8, 4) is 0 Å². The predicted octanol–water partition coefficient (Wildman–Crippen LogP) is 3.56. The first kappa shape index (κ1) is 12.9. The fourth-order valence-electron chi connectivity index (χ4n) is 3.41. The normalized spacial score (nSPS) is 23.1. The van der Waals surface area contributed by atoms with Crippen molar-refractivity contribution in [1.82, 2.24) is 0 Å². The summed E-state index contributed by atoms with van der Waals surface area (Å²) < 4.78 is 5.04. The van der Waals surface area contributed by atoms with Crippen LogP contribution in [-0.2, 0) is 14.9 Å². The second-order valence-corrected chi connectivity index (χ2v) is 5.64. The molecule has 1 saturated carbocycles. The van der Waals surface area contributed by atoms with Crippen molar-refractivity contribution < 1.29 is 9.53 Å². The quantitative estimate of drug-likeness (QED) is 0.794. The summed E-state index contributed by atoms with van der Waals surface area (Å²) in [6.07, 6.45) is 0.792. The molecule has 1 fully saturated rings. The minimum Gasteiger partial charge on any atom is -0.469 e. The molecule has 102 valence electrons. The van der Waals surface area contributed by atoms with Gasteiger partial charge in [-0.3, -0.25) is 4.79 Å². The van der Waals surface area contributed by atoms with Crippen molar-refractivity contribution in [2.45, 2.75) is 18.8 Å². The maximum Gasteiger partial charge on any atom is 0.312 e. The molecule has 20 heavy (non-hydrogen) atoms. The van der Waals surface area contributed by atoms with Crippen LogP contribution in [0.4, 0.5) is 0 Å². The molecule has 2 heteroatoms. The maximum atomic E-state index is 12.2. The molecule has 0 radical (unpaired) electrons. The first-order valence-corrected chi connectivity index (χ1v) is 6.84. The monoisotopic (exact) mass is 266 g/mol. The zero-order valence-electron chi connectivity index (χ0n) is 11.8. The van der Waals surface area contributed by atoms with E-state index < -0.39 is 5.41 Å². The molecular formula is C18H18O2. The SMILES string of the molecule is COC(=O)[C@]1(C)CC1(c1ccccc1)c1ccccc1. The molecule has 0 aliphatic heterocycles. The van der Waals surface area contributed by atoms with Crippen LogP contribution in [0.2, 0.25) is 0 Å². The lowest BCUT2D eigenvalue weighted by Gasteiger charge is -2.22. The number of benzene rings is 2. The standard InChI is InChI=1S/C18H18O2/c1-17(16(19)20-2)13-18(17,14-9-5-3-6-10-14)15-11-7-4-8-12-15/h3-12H,13H2,1-2H3/t17-/m0/s1. The third-order valence-electron chi connectivity index (χ3n) is 4.60. The van der Waals surface area contributed by atoms with Crippen molar-refractivity contribution in [3.63, 3.8) is 0 Å². The summed E-state index contributed by atoms with van der Waals surface area (Å²) in [6.45, 7) is 2.00. The highest BCUT2D eigenvalue weighted by Gasteiger charge is 2.71. The molecular weight excluding hydrogens is 248 g/mol. The molecule has 0 spiro atoms. The summed E-state index contributed by atoms with van der Waals surface area (Å²) >= 11 is 0. The van der Waals surface area contributed by atoms with Crippen LogP contribution in [-0.4, -0.2) is 13.1 Å². The number of esters is 1. The topological polar surface area (TPSA) is 26.3 Å². The Morgan fingerprint density at radius 1 is 0.950 bits per heavy atom. The highest BCUT2D eigenvalue weighted by molar-refractivity contribution is 5.85. The molecule has 0 bridgehead atoms. The van der Waals surface area contributed by atoms with E-state index in [9.17, 15) is 4.79 Å². The zero-order chi connectivity index (χ0) is 14.2. The van der Waals surface area contributed by atoms with Crippen molar-refractivity contribution in [1.29, 1.82) is 0 Å². The minimum atomic E-state index is -0.482. The Hall–Kier alpha value is -2.09. The van der Waals surface area contributed by atoms with Crippen LogP contribution in [0.15, 0.2) is 60.7 Å². The lowest BCUT2D eigenvalue weighted by molar-refractivity contribution is -0.147. The Morgan fingerprint density at radius 2 is 1.40 bits per heavy atom. The van der Waals surface area contributed by atoms with Crippen molar-refractivity contribution in [2.75, 3.05) is 7.11 Å². The molecule has 2 aromatic carbocycles. The summed E-state index contributed by atoms with van der Waals surface area (Å²) in [5, 5.41) is 0. The fraction of sp³-hybridized carbons (Fsp3) is 0.278. The molecule has 0 saturated heterocycles. The number of carbonyl (C=O) groups excluding carboxylic acids is 1. The molecule has 0 unspecified atom stereocenters. The second-order valence-electron chi connectivity index (χ2n) is 5.64. The number of hydrogen-bond donors (Lipinski definition) is 0. The minimum absolute atomic E-state index is 0.134. The molecule has 1 atom stereocenters. The Bertz CT molecular complexity index is 579. The number of rotatable bonds is 3. The van der Waals surface area contributed by atoms with Crippen molar-refractivity contribution in [2.24, 2.45) is 5.41 Å². The van der Waals surface area contributed by atoms with Gasteiger partial charge in [-0.05, 0) is 24.5 Å². The lowest BCUT2D eigenvalue weighted by Crippen LogP contribution is -2.26. The molecule has 2 aromatic rings. The largest absolute Gasteiger partial charge is 0.469 e. The smallest absolute Gasteiger partial charge is 0.312 e. The molecule has 2 nitrogen and oxygen atoms in total. The van der Waals surface area contributed by atoms with Gasteiger partial charge in [-0.25, -0.2) is 0 Å². The molecule has 3 rings (SSSR count). The van der Waals surface area contributed by atoms with Crippen LogP contribution in [0.1, 0.15) is 24.5 Å². The van der Waals surface area contributed by atoms with Gasteiger partial charge in [0.25, 0.3) is 0 Å². The summed E-state index contributed by atoms with van der Waals surface area (Å²) in [7, 11) is 1.46. The average molecular weight is 266 g/mol. The highest BCUT2D eigenvalue weighted by atomic mass is 16.5. The van der Waals surface area contributed by atoms with Crippen LogP contribution in [0.5, 0.6) is 0 Å². The van der Waals surface area contributed by atoms with Gasteiger partial charge in [-0.1, -0.05) is 60.7 Å². The number of ether oxygens (including phenoxy) is 1. The van der Waals surface area contributed by atoms with Gasteiger partial charge in [0.1, 0.15) is 0 Å². The van der Waals surface area contributed by atoms with Gasteiger partial charge in [-0.15, -0.1) is 0 Å². The third kappa shape index (κ3) is 1.61. The average Bonchev–Trinajstić information content (AvgIpc) is 3.17. The van der Waals surface area contributed by atoms with Gasteiger partial charge >= 0.3 is 5.97 Å². The van der Waals surface area contributed by atoms with Gasteiger partial charge < -0.3 is 4.74 Å². The highest BCUT2D eigenvalue weighted by Crippen LogP contribution is 2.68. The van der Waals surface area contributed by atoms with Crippen LogP contribution in [0, 0.1) is 5.41 Å². The summed E-state index contributed by atoms with van der Waals surface area (Å²) in [4.78, 5) is 12.2. The summed E-state index contributed by atoms with van der Waals surface area (Å²) in [5.41, 5.74) is 1.62. The Labute approximate surface area is 119 Å². The number of methoxy groups -OCH3 is 1. The lowest BCUT2D eigenvalue weighted by atomic mass is 9.81. The fourth-order valence-corrected chi connectivity index (χ4v) is 3.41. The van der Waals surface area contributed by atoms with Crippen molar-refractivity contribution >= 4 is 5.97 Å². The maximum absolute atomic E-state index is 12.2. The van der Waals surface area contributed by atoms with E-state index in [0.29, 0.717) is 0 Å². The van der Waals surface area contributed by atoms with E-state index in [-0.39, 0.29) is 11.4 Å². The Kier molecular flexibility index (Phi) is 2.89. The number of carbonyl (C=O) groups is 1. The molecule has 0 heterocycles. The van der Waals surface area contributed by atoms with E-state index in [1.54, 1.807) is 0 Å². The third-order valence-corrected chi connectivity index (χ3v) is 4.60. The van der Waals surface area contributed by atoms with E-state index in [1.807, 2.05) is 43.3 Å². The second kappa shape index (κ2) is 4.48. The van der Waals surface area contributed by atoms with E-state index in [4.69, 9.17) is 4.74 Å². The van der Waals surface area contributed by atoms with E-state index in [2.05, 4.69) is 24.3 Å². The zero-order valence-corrected chi connectivity index (χ0v) is 11.8. The first-order chi connectivity index (χ1) is 9.65. The molecule has 0 amide bonds. The van der Waals surface area contributed by atoms with Gasteiger partial charge in [0, 0.05) is 5.41 Å². The molecule has 1 aliphatic carbocycles. The first-order valence-electron chi connectivity index (χ1n) is 6.84. The Balaban J connectivity index is 2.15. The van der Waals surface area contributed by atoms with Crippen LogP contribution in [0.25, 0.3) is 0 Å². The van der Waals surface area contributed by atoms with Gasteiger partial charge in [-0.2, -0.15) is 0 Å². The predicted molar refractivity (Wildman–Crippen MR) is 78.4 cm³/mol. The number of hydrogen-bond acceptors (Lipinski definition) is 2. The molecule has 1 aliphatic rings. The van der Waals surface area contributed by atoms with Crippen LogP contribution in [0.3, 0.4) is 0 Å².